The lowest BCUT2D eigenvalue weighted by Gasteiger charge is -2.19. The van der Waals surface area contributed by atoms with E-state index in [1.54, 1.807) is 11.9 Å². The molecule has 1 atom stereocenters. The van der Waals surface area contributed by atoms with Crippen LogP contribution in [0.15, 0.2) is 24.3 Å². The SMILES string of the molecule is Cc1ccccc1OCC(=O)N(C)Cc1c(C)nn([C@@H]2CCS(=O)(=O)C2)c1C. The van der Waals surface area contributed by atoms with Gasteiger partial charge in [0.15, 0.2) is 16.4 Å². The Kier molecular flexibility index (Phi) is 5.79. The first-order valence-electron chi connectivity index (χ1n) is 9.35. The Balaban J connectivity index is 1.66. The van der Waals surface area contributed by atoms with E-state index >= 15 is 0 Å². The first-order valence-corrected chi connectivity index (χ1v) is 11.2. The van der Waals surface area contributed by atoms with E-state index in [4.69, 9.17) is 4.74 Å². The Hall–Kier alpha value is -2.35. The summed E-state index contributed by atoms with van der Waals surface area (Å²) in [6, 6.07) is 7.46. The maximum atomic E-state index is 12.5. The van der Waals surface area contributed by atoms with Gasteiger partial charge in [-0.3, -0.25) is 9.48 Å². The highest BCUT2D eigenvalue weighted by atomic mass is 32.2. The molecule has 2 aromatic rings. The maximum Gasteiger partial charge on any atom is 0.260 e. The molecular weight excluding hydrogens is 378 g/mol. The van der Waals surface area contributed by atoms with Crippen molar-refractivity contribution in [2.75, 3.05) is 25.2 Å². The van der Waals surface area contributed by atoms with Crippen molar-refractivity contribution in [3.8, 4) is 5.75 Å². The number of likely N-dealkylation sites (N-methyl/N-ethyl adjacent to an activating group) is 1. The average Bonchev–Trinajstić information content (AvgIpc) is 3.14. The molecule has 0 N–H and O–H groups in total. The quantitative estimate of drug-likeness (QED) is 0.736. The largest absolute Gasteiger partial charge is 0.484 e. The van der Waals surface area contributed by atoms with E-state index in [1.165, 1.54) is 0 Å². The molecule has 0 unspecified atom stereocenters. The molecule has 1 aromatic heterocycles. The maximum absolute atomic E-state index is 12.5. The Bertz CT molecular complexity index is 981. The predicted molar refractivity (Wildman–Crippen MR) is 107 cm³/mol. The molecule has 1 fully saturated rings. The molecule has 7 nitrogen and oxygen atoms in total. The molecule has 2 heterocycles. The summed E-state index contributed by atoms with van der Waals surface area (Å²) >= 11 is 0. The van der Waals surface area contributed by atoms with E-state index in [9.17, 15) is 13.2 Å². The second kappa shape index (κ2) is 7.95. The van der Waals surface area contributed by atoms with Crippen LogP contribution >= 0.6 is 0 Å². The van der Waals surface area contributed by atoms with Crippen molar-refractivity contribution >= 4 is 15.7 Å². The van der Waals surface area contributed by atoms with Crippen molar-refractivity contribution in [2.24, 2.45) is 0 Å². The highest BCUT2D eigenvalue weighted by molar-refractivity contribution is 7.91. The van der Waals surface area contributed by atoms with E-state index in [1.807, 2.05) is 49.7 Å². The molecule has 28 heavy (non-hydrogen) atoms. The summed E-state index contributed by atoms with van der Waals surface area (Å²) in [5, 5.41) is 4.56. The summed E-state index contributed by atoms with van der Waals surface area (Å²) in [7, 11) is -1.24. The second-order valence-corrected chi connectivity index (χ2v) is 9.68. The first kappa shape index (κ1) is 20.4. The van der Waals surface area contributed by atoms with Crippen molar-refractivity contribution in [2.45, 2.75) is 39.8 Å². The molecule has 1 aromatic carbocycles. The van der Waals surface area contributed by atoms with Gasteiger partial charge >= 0.3 is 0 Å². The van der Waals surface area contributed by atoms with Crippen LogP contribution in [0.3, 0.4) is 0 Å². The van der Waals surface area contributed by atoms with Crippen LogP contribution in [0.5, 0.6) is 5.75 Å². The van der Waals surface area contributed by atoms with Crippen molar-refractivity contribution in [1.82, 2.24) is 14.7 Å². The van der Waals surface area contributed by atoms with Gasteiger partial charge in [-0.2, -0.15) is 5.10 Å². The average molecular weight is 406 g/mol. The molecule has 3 rings (SSSR count). The molecule has 1 aliphatic rings. The van der Waals surface area contributed by atoms with Gasteiger partial charge in [0.25, 0.3) is 5.91 Å². The third-order valence-corrected chi connectivity index (χ3v) is 7.05. The van der Waals surface area contributed by atoms with Gasteiger partial charge < -0.3 is 9.64 Å². The van der Waals surface area contributed by atoms with Gasteiger partial charge in [-0.1, -0.05) is 18.2 Å². The first-order chi connectivity index (χ1) is 13.2. The van der Waals surface area contributed by atoms with Gasteiger partial charge in [0, 0.05) is 24.8 Å². The zero-order valence-electron chi connectivity index (χ0n) is 16.8. The molecule has 0 bridgehead atoms. The number of para-hydroxylation sites is 1. The van der Waals surface area contributed by atoms with E-state index in [-0.39, 0.29) is 30.1 Å². The Morgan fingerprint density at radius 2 is 2.00 bits per heavy atom. The monoisotopic (exact) mass is 405 g/mol. The summed E-state index contributed by atoms with van der Waals surface area (Å²) in [6.45, 7) is 6.14. The van der Waals surface area contributed by atoms with Crippen molar-refractivity contribution < 1.29 is 17.9 Å². The third kappa shape index (κ3) is 4.38. The van der Waals surface area contributed by atoms with Crippen LogP contribution in [0.25, 0.3) is 0 Å². The number of carbonyl (C=O) groups excluding carboxylic acids is 1. The molecule has 0 radical (unpaired) electrons. The van der Waals surface area contributed by atoms with Crippen LogP contribution in [-0.4, -0.2) is 54.2 Å². The van der Waals surface area contributed by atoms with Gasteiger partial charge in [-0.25, -0.2) is 8.42 Å². The van der Waals surface area contributed by atoms with Crippen molar-refractivity contribution in [3.05, 3.63) is 46.8 Å². The molecule has 1 saturated heterocycles. The Morgan fingerprint density at radius 3 is 2.64 bits per heavy atom. The zero-order valence-corrected chi connectivity index (χ0v) is 17.6. The molecule has 0 spiro atoms. The number of ether oxygens (including phenoxy) is 1. The number of hydrogen-bond acceptors (Lipinski definition) is 5. The zero-order chi connectivity index (χ0) is 20.5. The minimum atomic E-state index is -2.98. The number of carbonyl (C=O) groups is 1. The molecule has 1 aliphatic heterocycles. The lowest BCUT2D eigenvalue weighted by atomic mass is 10.1. The summed E-state index contributed by atoms with van der Waals surface area (Å²) in [5.41, 5.74) is 3.67. The normalized spacial score (nSPS) is 18.2. The fourth-order valence-corrected chi connectivity index (χ4v) is 5.24. The van der Waals surface area contributed by atoms with Crippen LogP contribution in [0, 0.1) is 20.8 Å². The predicted octanol–water partition coefficient (Wildman–Crippen LogP) is 2.21. The van der Waals surface area contributed by atoms with Gasteiger partial charge in [0.2, 0.25) is 0 Å². The number of amides is 1. The molecule has 0 saturated carbocycles. The number of aryl methyl sites for hydroxylation is 2. The fraction of sp³-hybridized carbons (Fsp3) is 0.500. The number of sulfone groups is 1. The van der Waals surface area contributed by atoms with Crippen molar-refractivity contribution in [3.63, 3.8) is 0 Å². The summed E-state index contributed by atoms with van der Waals surface area (Å²) < 4.78 is 31.0. The molecule has 0 aliphatic carbocycles. The highest BCUT2D eigenvalue weighted by Crippen LogP contribution is 2.27. The van der Waals surface area contributed by atoms with Crippen LogP contribution in [0.4, 0.5) is 0 Å². The number of hydrogen-bond donors (Lipinski definition) is 0. The highest BCUT2D eigenvalue weighted by Gasteiger charge is 2.31. The van der Waals surface area contributed by atoms with Crippen LogP contribution < -0.4 is 4.74 Å². The number of benzene rings is 1. The van der Waals surface area contributed by atoms with Crippen molar-refractivity contribution in [1.29, 1.82) is 0 Å². The van der Waals surface area contributed by atoms with Crippen LogP contribution in [-0.2, 0) is 21.2 Å². The van der Waals surface area contributed by atoms with Crippen LogP contribution in [0.1, 0.15) is 35.0 Å². The molecule has 152 valence electrons. The second-order valence-electron chi connectivity index (χ2n) is 7.45. The topological polar surface area (TPSA) is 81.5 Å². The molecule has 8 heteroatoms. The number of nitrogens with zero attached hydrogens (tertiary/aromatic N) is 3. The Labute approximate surface area is 166 Å². The minimum absolute atomic E-state index is 0.0333. The van der Waals surface area contributed by atoms with Gasteiger partial charge in [-0.05, 0) is 38.8 Å². The van der Waals surface area contributed by atoms with E-state index in [0.29, 0.717) is 18.7 Å². The number of aromatic nitrogens is 2. The van der Waals surface area contributed by atoms with Gasteiger partial charge in [-0.15, -0.1) is 0 Å². The van der Waals surface area contributed by atoms with E-state index in [2.05, 4.69) is 5.10 Å². The molecular formula is C20H27N3O4S. The van der Waals surface area contributed by atoms with E-state index in [0.717, 1.165) is 22.5 Å². The van der Waals surface area contributed by atoms with Gasteiger partial charge in [0.05, 0.1) is 23.2 Å². The lowest BCUT2D eigenvalue weighted by molar-refractivity contribution is -0.132. The molecule has 1 amide bonds. The van der Waals surface area contributed by atoms with E-state index < -0.39 is 9.84 Å². The standard InChI is InChI=1S/C20H27N3O4S/c1-14-7-5-6-8-19(14)27-12-20(24)22(4)11-18-15(2)21-23(16(18)3)17-9-10-28(25,26)13-17/h5-8,17H,9-13H2,1-4H3/t17-/m1/s1. The van der Waals surface area contributed by atoms with Crippen LogP contribution in [0.2, 0.25) is 0 Å². The Morgan fingerprint density at radius 1 is 1.29 bits per heavy atom. The lowest BCUT2D eigenvalue weighted by Crippen LogP contribution is -2.31. The summed E-state index contributed by atoms with van der Waals surface area (Å²) in [4.78, 5) is 14.1. The smallest absolute Gasteiger partial charge is 0.260 e. The fourth-order valence-electron chi connectivity index (χ4n) is 3.54. The minimum Gasteiger partial charge on any atom is -0.484 e. The third-order valence-electron chi connectivity index (χ3n) is 5.29. The number of rotatable bonds is 6. The summed E-state index contributed by atoms with van der Waals surface area (Å²) in [6.07, 6.45) is 0.586. The van der Waals surface area contributed by atoms with Gasteiger partial charge in [0.1, 0.15) is 5.75 Å². The summed E-state index contributed by atoms with van der Waals surface area (Å²) in [5.74, 6) is 0.915.